The number of aliphatic hydroxyl groups excluding tert-OH is 2. The van der Waals surface area contributed by atoms with E-state index in [4.69, 9.17) is 0 Å². The number of rotatable bonds is 16. The lowest BCUT2D eigenvalue weighted by Gasteiger charge is -2.20. The van der Waals surface area contributed by atoms with Crippen LogP contribution in [-0.4, -0.2) is 40.3 Å². The molecule has 0 aromatic rings. The normalized spacial score (nSPS) is 15.0. The summed E-state index contributed by atoms with van der Waals surface area (Å²) < 4.78 is 4.61. The summed E-state index contributed by atoms with van der Waals surface area (Å²) in [7, 11) is 1.42. The first-order chi connectivity index (χ1) is 11.5. The van der Waals surface area contributed by atoms with Gasteiger partial charge in [-0.05, 0) is 19.3 Å². The third kappa shape index (κ3) is 14.2. The maximum atomic E-state index is 11.0. The third-order valence-electron chi connectivity index (χ3n) is 4.41. The number of ether oxygens (including phenoxy) is 1. The Morgan fingerprint density at radius 2 is 1.54 bits per heavy atom. The van der Waals surface area contributed by atoms with Crippen LogP contribution in [0.4, 0.5) is 0 Å². The van der Waals surface area contributed by atoms with E-state index < -0.39 is 12.2 Å². The monoisotopic (exact) mass is 408 g/mol. The largest absolute Gasteiger partial charge is 0.469 e. The van der Waals surface area contributed by atoms with Gasteiger partial charge in [0.15, 0.2) is 0 Å². The molecule has 0 aliphatic carbocycles. The summed E-state index contributed by atoms with van der Waals surface area (Å²) in [5, 5.41) is 20.1. The quantitative estimate of drug-likeness (QED) is 0.220. The van der Waals surface area contributed by atoms with Gasteiger partial charge >= 0.3 is 5.97 Å². The molecule has 0 aromatic carbocycles. The first kappa shape index (κ1) is 23.9. The molecule has 4 nitrogen and oxygen atoms in total. The Hall–Kier alpha value is -0.130. The molecular weight excluding hydrogens is 372 g/mol. The summed E-state index contributed by atoms with van der Waals surface area (Å²) >= 11 is 3.55. The SMILES string of the molecule is CCCCCCC(O)CC(O)C(Br)CCCCCCCC(=O)OC. The lowest BCUT2D eigenvalue weighted by atomic mass is 10.00. The van der Waals surface area contributed by atoms with Crippen molar-refractivity contribution < 1.29 is 19.7 Å². The molecule has 0 spiro atoms. The van der Waals surface area contributed by atoms with Gasteiger partial charge in [0.25, 0.3) is 0 Å². The Balaban J connectivity index is 3.57. The van der Waals surface area contributed by atoms with Crippen LogP contribution in [0.5, 0.6) is 0 Å². The number of hydrogen-bond acceptors (Lipinski definition) is 4. The fourth-order valence-corrected chi connectivity index (χ4v) is 3.32. The van der Waals surface area contributed by atoms with E-state index in [1.54, 1.807) is 0 Å². The average Bonchev–Trinajstić information content (AvgIpc) is 2.57. The standard InChI is InChI=1S/C19H37BrO4/c1-3-4-5-9-12-16(21)15-18(22)17(20)13-10-7-6-8-11-14-19(23)24-2/h16-18,21-22H,3-15H2,1-2H3. The van der Waals surface area contributed by atoms with Crippen LogP contribution < -0.4 is 0 Å². The summed E-state index contributed by atoms with van der Waals surface area (Å²) in [4.78, 5) is 11.0. The molecule has 3 atom stereocenters. The van der Waals surface area contributed by atoms with Crippen LogP contribution >= 0.6 is 15.9 Å². The Morgan fingerprint density at radius 3 is 2.21 bits per heavy atom. The molecule has 0 fully saturated rings. The molecule has 0 aliphatic heterocycles. The van der Waals surface area contributed by atoms with Gasteiger partial charge < -0.3 is 14.9 Å². The van der Waals surface area contributed by atoms with Crippen LogP contribution in [-0.2, 0) is 9.53 Å². The fraction of sp³-hybridized carbons (Fsp3) is 0.947. The van der Waals surface area contributed by atoms with Crippen LogP contribution in [0.1, 0.15) is 90.4 Å². The summed E-state index contributed by atoms with van der Waals surface area (Å²) in [5.74, 6) is -0.133. The highest BCUT2D eigenvalue weighted by molar-refractivity contribution is 9.09. The first-order valence-corrected chi connectivity index (χ1v) is 10.5. The summed E-state index contributed by atoms with van der Waals surface area (Å²) in [6.45, 7) is 2.18. The van der Waals surface area contributed by atoms with Crippen molar-refractivity contribution in [3.63, 3.8) is 0 Å². The molecule has 0 bridgehead atoms. The topological polar surface area (TPSA) is 66.8 Å². The molecule has 0 saturated carbocycles. The maximum absolute atomic E-state index is 11.0. The number of carbonyl (C=O) groups excluding carboxylic acids is 1. The Labute approximate surface area is 156 Å². The van der Waals surface area contributed by atoms with Crippen LogP contribution in [0, 0.1) is 0 Å². The molecule has 144 valence electrons. The molecule has 0 rings (SSSR count). The predicted octanol–water partition coefficient (Wildman–Crippen LogP) is 4.74. The van der Waals surface area contributed by atoms with E-state index >= 15 is 0 Å². The van der Waals surface area contributed by atoms with E-state index in [2.05, 4.69) is 27.6 Å². The maximum Gasteiger partial charge on any atom is 0.305 e. The van der Waals surface area contributed by atoms with E-state index in [9.17, 15) is 15.0 Å². The van der Waals surface area contributed by atoms with Gasteiger partial charge in [-0.25, -0.2) is 0 Å². The highest BCUT2D eigenvalue weighted by atomic mass is 79.9. The van der Waals surface area contributed by atoms with E-state index in [1.807, 2.05) is 0 Å². The molecular formula is C19H37BrO4. The van der Waals surface area contributed by atoms with Gasteiger partial charge in [-0.15, -0.1) is 0 Å². The van der Waals surface area contributed by atoms with Gasteiger partial charge in [0.1, 0.15) is 0 Å². The Morgan fingerprint density at radius 1 is 0.958 bits per heavy atom. The van der Waals surface area contributed by atoms with Crippen molar-refractivity contribution in [3.8, 4) is 0 Å². The number of unbranched alkanes of at least 4 members (excludes halogenated alkanes) is 7. The Bertz CT molecular complexity index is 299. The van der Waals surface area contributed by atoms with Crippen molar-refractivity contribution in [1.29, 1.82) is 0 Å². The minimum atomic E-state index is -0.481. The second kappa shape index (κ2) is 16.3. The number of carbonyl (C=O) groups is 1. The van der Waals surface area contributed by atoms with Crippen LogP contribution in [0.15, 0.2) is 0 Å². The van der Waals surface area contributed by atoms with Crippen LogP contribution in [0.2, 0.25) is 0 Å². The van der Waals surface area contributed by atoms with E-state index in [-0.39, 0.29) is 10.8 Å². The molecule has 0 heterocycles. The highest BCUT2D eigenvalue weighted by Gasteiger charge is 2.19. The number of esters is 1. The second-order valence-electron chi connectivity index (χ2n) is 6.70. The van der Waals surface area contributed by atoms with Gasteiger partial charge in [-0.2, -0.15) is 0 Å². The first-order valence-electron chi connectivity index (χ1n) is 9.58. The molecule has 0 amide bonds. The number of alkyl halides is 1. The molecule has 0 saturated heterocycles. The summed E-state index contributed by atoms with van der Waals surface area (Å²) in [6, 6.07) is 0. The number of methoxy groups -OCH3 is 1. The predicted molar refractivity (Wildman–Crippen MR) is 102 cm³/mol. The highest BCUT2D eigenvalue weighted by Crippen LogP contribution is 2.20. The van der Waals surface area contributed by atoms with Crippen molar-refractivity contribution in [3.05, 3.63) is 0 Å². The third-order valence-corrected chi connectivity index (χ3v) is 5.48. The minimum absolute atomic E-state index is 0.0536. The molecule has 0 radical (unpaired) electrons. The van der Waals surface area contributed by atoms with Gasteiger partial charge in [0.2, 0.25) is 0 Å². The van der Waals surface area contributed by atoms with E-state index in [0.717, 1.165) is 57.8 Å². The van der Waals surface area contributed by atoms with Crippen LogP contribution in [0.25, 0.3) is 0 Å². The van der Waals surface area contributed by atoms with E-state index in [1.165, 1.54) is 20.0 Å². The zero-order chi connectivity index (χ0) is 18.2. The van der Waals surface area contributed by atoms with Gasteiger partial charge in [-0.3, -0.25) is 4.79 Å². The van der Waals surface area contributed by atoms with E-state index in [0.29, 0.717) is 12.8 Å². The summed E-state index contributed by atoms with van der Waals surface area (Å²) in [5.41, 5.74) is 0. The number of aliphatic hydroxyl groups is 2. The second-order valence-corrected chi connectivity index (χ2v) is 7.88. The molecule has 0 aromatic heterocycles. The van der Waals surface area contributed by atoms with Gasteiger partial charge in [0.05, 0.1) is 19.3 Å². The molecule has 2 N–H and O–H groups in total. The minimum Gasteiger partial charge on any atom is -0.469 e. The molecule has 24 heavy (non-hydrogen) atoms. The van der Waals surface area contributed by atoms with Crippen LogP contribution in [0.3, 0.4) is 0 Å². The Kier molecular flexibility index (Phi) is 16.3. The number of hydrogen-bond donors (Lipinski definition) is 2. The fourth-order valence-electron chi connectivity index (χ4n) is 2.78. The van der Waals surface area contributed by atoms with Crippen molar-refractivity contribution >= 4 is 21.9 Å². The molecule has 3 unspecified atom stereocenters. The number of halogens is 1. The van der Waals surface area contributed by atoms with Crippen molar-refractivity contribution in [1.82, 2.24) is 0 Å². The van der Waals surface area contributed by atoms with Gasteiger partial charge in [-0.1, -0.05) is 74.2 Å². The molecule has 0 aliphatic rings. The van der Waals surface area contributed by atoms with Crippen molar-refractivity contribution in [2.75, 3.05) is 7.11 Å². The zero-order valence-corrected chi connectivity index (χ0v) is 17.1. The van der Waals surface area contributed by atoms with Crippen molar-refractivity contribution in [2.45, 2.75) is 107 Å². The smallest absolute Gasteiger partial charge is 0.305 e. The van der Waals surface area contributed by atoms with Gasteiger partial charge in [0, 0.05) is 17.7 Å². The average molecular weight is 409 g/mol. The summed E-state index contributed by atoms with van der Waals surface area (Å²) in [6.07, 6.45) is 11.6. The lowest BCUT2D eigenvalue weighted by Crippen LogP contribution is -2.26. The zero-order valence-electron chi connectivity index (χ0n) is 15.5. The molecule has 5 heteroatoms. The van der Waals surface area contributed by atoms with Crippen molar-refractivity contribution in [2.24, 2.45) is 0 Å². The lowest BCUT2D eigenvalue weighted by molar-refractivity contribution is -0.140.